The second kappa shape index (κ2) is 9.90. The molecular formula is C23H40N2O2. The highest BCUT2D eigenvalue weighted by atomic mass is 16.5. The summed E-state index contributed by atoms with van der Waals surface area (Å²) in [7, 11) is 0. The summed E-state index contributed by atoms with van der Waals surface area (Å²) in [5.41, 5.74) is 3.19. The highest BCUT2D eigenvalue weighted by molar-refractivity contribution is 5.49. The van der Waals surface area contributed by atoms with Crippen LogP contribution in [0.5, 0.6) is 0 Å². The van der Waals surface area contributed by atoms with E-state index in [1.54, 1.807) is 0 Å². The van der Waals surface area contributed by atoms with Gasteiger partial charge in [-0.05, 0) is 28.5 Å². The largest absolute Gasteiger partial charge is 0.379 e. The van der Waals surface area contributed by atoms with Gasteiger partial charge in [0.25, 0.3) is 0 Å². The fourth-order valence-electron chi connectivity index (χ4n) is 3.19. The zero-order valence-electron chi connectivity index (χ0n) is 18.4. The Bertz CT molecular complexity index is 535. The van der Waals surface area contributed by atoms with E-state index >= 15 is 0 Å². The summed E-state index contributed by atoms with van der Waals surface area (Å²) in [5, 5.41) is 0. The maximum absolute atomic E-state index is 5.73. The monoisotopic (exact) mass is 376 g/mol. The molecule has 1 aliphatic heterocycles. The average molecular weight is 377 g/mol. The first kappa shape index (κ1) is 22.2. The molecule has 0 bridgehead atoms. The Morgan fingerprint density at radius 3 is 1.93 bits per heavy atom. The van der Waals surface area contributed by atoms with Crippen molar-refractivity contribution in [3.8, 4) is 0 Å². The average Bonchev–Trinajstić information content (AvgIpc) is 2.60. The fourth-order valence-corrected chi connectivity index (χ4v) is 3.19. The van der Waals surface area contributed by atoms with Crippen LogP contribution in [0.1, 0.15) is 47.1 Å². The molecule has 0 aromatic heterocycles. The number of ether oxygens (including phenoxy) is 2. The maximum Gasteiger partial charge on any atom is 0.0701 e. The molecule has 1 aromatic carbocycles. The van der Waals surface area contributed by atoms with E-state index in [-0.39, 0.29) is 10.8 Å². The van der Waals surface area contributed by atoms with Crippen molar-refractivity contribution < 1.29 is 9.47 Å². The van der Waals surface area contributed by atoms with Crippen molar-refractivity contribution in [2.45, 2.75) is 47.0 Å². The van der Waals surface area contributed by atoms with Crippen molar-refractivity contribution in [3.63, 3.8) is 0 Å². The lowest BCUT2D eigenvalue weighted by Gasteiger charge is -2.36. The molecule has 0 atom stereocenters. The van der Waals surface area contributed by atoms with Crippen LogP contribution in [-0.2, 0) is 14.9 Å². The first-order valence-electron chi connectivity index (χ1n) is 10.4. The molecule has 4 heteroatoms. The minimum absolute atomic E-state index is 0.217. The van der Waals surface area contributed by atoms with Crippen LogP contribution in [-0.4, -0.2) is 64.1 Å². The summed E-state index contributed by atoms with van der Waals surface area (Å²) in [4.78, 5) is 4.99. The summed E-state index contributed by atoms with van der Waals surface area (Å²) in [6, 6.07) is 9.10. The van der Waals surface area contributed by atoms with Crippen LogP contribution in [0.3, 0.4) is 0 Å². The van der Waals surface area contributed by atoms with Gasteiger partial charge in [-0.1, -0.05) is 53.7 Å². The third-order valence-electron chi connectivity index (χ3n) is 4.93. The Morgan fingerprint density at radius 2 is 1.37 bits per heavy atom. The zero-order chi connectivity index (χ0) is 19.9. The molecule has 2 rings (SSSR count). The van der Waals surface area contributed by atoms with Gasteiger partial charge in [-0.3, -0.25) is 4.90 Å². The third kappa shape index (κ3) is 8.20. The van der Waals surface area contributed by atoms with Crippen molar-refractivity contribution in [2.24, 2.45) is 5.41 Å². The van der Waals surface area contributed by atoms with Gasteiger partial charge in [0.15, 0.2) is 0 Å². The van der Waals surface area contributed by atoms with E-state index in [0.29, 0.717) is 13.2 Å². The van der Waals surface area contributed by atoms with E-state index in [1.807, 2.05) is 0 Å². The summed E-state index contributed by atoms with van der Waals surface area (Å²) in [6.45, 7) is 21.7. The van der Waals surface area contributed by atoms with Gasteiger partial charge in [0.05, 0.1) is 26.4 Å². The maximum atomic E-state index is 5.73. The molecule has 1 heterocycles. The minimum atomic E-state index is 0.217. The number of hydrogen-bond donors (Lipinski definition) is 0. The molecule has 1 aromatic rings. The van der Waals surface area contributed by atoms with E-state index < -0.39 is 0 Å². The number of nitrogens with zero attached hydrogens (tertiary/aromatic N) is 2. The molecular weight excluding hydrogens is 336 g/mol. The lowest BCUT2D eigenvalue weighted by molar-refractivity contribution is 0.0140. The highest BCUT2D eigenvalue weighted by Gasteiger charge is 2.18. The molecule has 1 aliphatic rings. The normalized spacial score (nSPS) is 16.7. The second-order valence-electron chi connectivity index (χ2n) is 9.85. The Labute approximate surface area is 166 Å². The van der Waals surface area contributed by atoms with Crippen molar-refractivity contribution in [1.82, 2.24) is 4.90 Å². The van der Waals surface area contributed by atoms with Crippen molar-refractivity contribution >= 4 is 5.69 Å². The SMILES string of the molecule is CC(C)(C)COCCOCCN1CCN(c2ccc(C(C)(C)C)cc2)CC1. The van der Waals surface area contributed by atoms with Gasteiger partial charge in [-0.25, -0.2) is 0 Å². The first-order valence-corrected chi connectivity index (χ1v) is 10.4. The number of piperazine rings is 1. The predicted octanol–water partition coefficient (Wildman–Crippen LogP) is 4.19. The Morgan fingerprint density at radius 1 is 0.778 bits per heavy atom. The quantitative estimate of drug-likeness (QED) is 0.635. The molecule has 0 unspecified atom stereocenters. The topological polar surface area (TPSA) is 24.9 Å². The minimum Gasteiger partial charge on any atom is -0.379 e. The van der Waals surface area contributed by atoms with E-state index in [2.05, 4.69) is 75.6 Å². The van der Waals surface area contributed by atoms with Crippen LogP contribution in [0, 0.1) is 5.41 Å². The van der Waals surface area contributed by atoms with Gasteiger partial charge in [0, 0.05) is 38.4 Å². The molecule has 0 N–H and O–H groups in total. The molecule has 0 amide bonds. The molecule has 4 nitrogen and oxygen atoms in total. The molecule has 1 saturated heterocycles. The molecule has 27 heavy (non-hydrogen) atoms. The highest BCUT2D eigenvalue weighted by Crippen LogP contribution is 2.25. The number of benzene rings is 1. The van der Waals surface area contributed by atoms with Crippen LogP contribution >= 0.6 is 0 Å². The van der Waals surface area contributed by atoms with Crippen molar-refractivity contribution in [3.05, 3.63) is 29.8 Å². The zero-order valence-corrected chi connectivity index (χ0v) is 18.4. The summed E-state index contributed by atoms with van der Waals surface area (Å²) >= 11 is 0. The third-order valence-corrected chi connectivity index (χ3v) is 4.93. The molecule has 0 spiro atoms. The lowest BCUT2D eigenvalue weighted by atomic mass is 9.87. The van der Waals surface area contributed by atoms with E-state index in [4.69, 9.17) is 9.47 Å². The van der Waals surface area contributed by atoms with Crippen LogP contribution in [0.4, 0.5) is 5.69 Å². The van der Waals surface area contributed by atoms with Crippen molar-refractivity contribution in [2.75, 3.05) is 64.1 Å². The Balaban J connectivity index is 1.60. The van der Waals surface area contributed by atoms with E-state index in [0.717, 1.165) is 45.9 Å². The molecule has 154 valence electrons. The Hall–Kier alpha value is -1.10. The molecule has 0 aliphatic carbocycles. The van der Waals surface area contributed by atoms with Gasteiger partial charge in [-0.15, -0.1) is 0 Å². The second-order valence-corrected chi connectivity index (χ2v) is 9.85. The fraction of sp³-hybridized carbons (Fsp3) is 0.739. The summed E-state index contributed by atoms with van der Waals surface area (Å²) < 4.78 is 11.4. The van der Waals surface area contributed by atoms with E-state index in [1.165, 1.54) is 11.3 Å². The van der Waals surface area contributed by atoms with Crippen LogP contribution < -0.4 is 4.90 Å². The van der Waals surface area contributed by atoms with Crippen LogP contribution in [0.15, 0.2) is 24.3 Å². The van der Waals surface area contributed by atoms with Gasteiger partial charge < -0.3 is 14.4 Å². The van der Waals surface area contributed by atoms with Crippen LogP contribution in [0.2, 0.25) is 0 Å². The van der Waals surface area contributed by atoms with Gasteiger partial charge in [0.2, 0.25) is 0 Å². The van der Waals surface area contributed by atoms with Gasteiger partial charge in [-0.2, -0.15) is 0 Å². The number of anilines is 1. The van der Waals surface area contributed by atoms with E-state index in [9.17, 15) is 0 Å². The van der Waals surface area contributed by atoms with Gasteiger partial charge in [0.1, 0.15) is 0 Å². The lowest BCUT2D eigenvalue weighted by Crippen LogP contribution is -2.47. The number of rotatable bonds is 8. The predicted molar refractivity (Wildman–Crippen MR) is 115 cm³/mol. The smallest absolute Gasteiger partial charge is 0.0701 e. The Kier molecular flexibility index (Phi) is 8.14. The molecule has 0 radical (unpaired) electrons. The summed E-state index contributed by atoms with van der Waals surface area (Å²) in [5.74, 6) is 0. The number of hydrogen-bond acceptors (Lipinski definition) is 4. The molecule has 0 saturated carbocycles. The summed E-state index contributed by atoms with van der Waals surface area (Å²) in [6.07, 6.45) is 0. The standard InChI is InChI=1S/C23H40N2O2/c1-22(2,3)19-27-18-17-26-16-15-24-11-13-25(14-12-24)21-9-7-20(8-10-21)23(4,5)6/h7-10H,11-19H2,1-6H3. The van der Waals surface area contributed by atoms with Gasteiger partial charge >= 0.3 is 0 Å². The molecule has 1 fully saturated rings. The first-order chi connectivity index (χ1) is 12.6. The van der Waals surface area contributed by atoms with Crippen molar-refractivity contribution in [1.29, 1.82) is 0 Å². The van der Waals surface area contributed by atoms with Crippen LogP contribution in [0.25, 0.3) is 0 Å².